The Morgan fingerprint density at radius 2 is 1.80 bits per heavy atom. The second-order valence-corrected chi connectivity index (χ2v) is 10.5. The van der Waals surface area contributed by atoms with E-state index in [9.17, 15) is 18.0 Å². The quantitative estimate of drug-likeness (QED) is 0.747. The minimum absolute atomic E-state index is 0.0107. The number of rotatable bonds is 6. The van der Waals surface area contributed by atoms with Crippen molar-refractivity contribution in [2.45, 2.75) is 69.2 Å². The molecule has 0 unspecified atom stereocenters. The molecule has 1 saturated carbocycles. The standard InChI is InChI=1S/C22H31N3O4S/c1-16-14-18-15-19(8-9-20(18)25(16)22(27)17-6-7-17)30(28,29)23-11-10-21(26)24-12-4-2-3-5-13-24/h8-9,15-17,23H,2-7,10-14H2,1H3/t16-/m1/s1. The van der Waals surface area contributed by atoms with Gasteiger partial charge in [0, 0.05) is 43.7 Å². The fourth-order valence-corrected chi connectivity index (χ4v) is 5.57. The van der Waals surface area contributed by atoms with Gasteiger partial charge in [-0.3, -0.25) is 9.59 Å². The zero-order valence-corrected chi connectivity index (χ0v) is 18.4. The van der Waals surface area contributed by atoms with Crippen molar-refractivity contribution < 1.29 is 18.0 Å². The van der Waals surface area contributed by atoms with Gasteiger partial charge in [0.15, 0.2) is 0 Å². The number of nitrogens with zero attached hydrogens (tertiary/aromatic N) is 2. The normalized spacial score (nSPS) is 22.0. The summed E-state index contributed by atoms with van der Waals surface area (Å²) < 4.78 is 28.1. The Kier molecular flexibility index (Phi) is 6.16. The van der Waals surface area contributed by atoms with Crippen LogP contribution in [-0.4, -0.2) is 50.8 Å². The fraction of sp³-hybridized carbons (Fsp3) is 0.636. The highest BCUT2D eigenvalue weighted by molar-refractivity contribution is 7.89. The van der Waals surface area contributed by atoms with E-state index in [-0.39, 0.29) is 41.6 Å². The van der Waals surface area contributed by atoms with Gasteiger partial charge in [-0.25, -0.2) is 13.1 Å². The first-order valence-electron chi connectivity index (χ1n) is 11.1. The van der Waals surface area contributed by atoms with Gasteiger partial charge >= 0.3 is 0 Å². The summed E-state index contributed by atoms with van der Waals surface area (Å²) in [6.45, 7) is 3.63. The molecule has 1 N–H and O–H groups in total. The van der Waals surface area contributed by atoms with Crippen LogP contribution in [-0.2, 0) is 26.0 Å². The minimum atomic E-state index is -3.70. The second-order valence-electron chi connectivity index (χ2n) is 8.77. The highest BCUT2D eigenvalue weighted by atomic mass is 32.2. The molecule has 2 amide bonds. The number of fused-ring (bicyclic) bond motifs is 1. The lowest BCUT2D eigenvalue weighted by Gasteiger charge is -2.22. The predicted molar refractivity (Wildman–Crippen MR) is 115 cm³/mol. The highest BCUT2D eigenvalue weighted by Crippen LogP contribution is 2.39. The number of nitrogens with one attached hydrogen (secondary N) is 1. The van der Waals surface area contributed by atoms with E-state index < -0.39 is 10.0 Å². The number of hydrogen-bond donors (Lipinski definition) is 1. The average Bonchev–Trinajstić information content (AvgIpc) is 3.52. The third kappa shape index (κ3) is 4.54. The van der Waals surface area contributed by atoms with Crippen molar-refractivity contribution in [3.63, 3.8) is 0 Å². The summed E-state index contributed by atoms with van der Waals surface area (Å²) in [5.41, 5.74) is 1.72. The molecule has 30 heavy (non-hydrogen) atoms. The molecule has 1 atom stereocenters. The number of anilines is 1. The summed E-state index contributed by atoms with van der Waals surface area (Å²) in [4.78, 5) is 28.8. The maximum Gasteiger partial charge on any atom is 0.240 e. The molecule has 1 aromatic carbocycles. The van der Waals surface area contributed by atoms with E-state index >= 15 is 0 Å². The summed E-state index contributed by atoms with van der Waals surface area (Å²) in [6.07, 6.45) is 7.06. The number of likely N-dealkylation sites (tertiary alicyclic amines) is 1. The van der Waals surface area contributed by atoms with Crippen LogP contribution in [0.4, 0.5) is 5.69 Å². The van der Waals surface area contributed by atoms with Crippen LogP contribution < -0.4 is 9.62 Å². The minimum Gasteiger partial charge on any atom is -0.343 e. The van der Waals surface area contributed by atoms with E-state index in [0.29, 0.717) is 6.42 Å². The van der Waals surface area contributed by atoms with E-state index in [2.05, 4.69) is 4.72 Å². The van der Waals surface area contributed by atoms with Crippen molar-refractivity contribution in [1.29, 1.82) is 0 Å². The third-order valence-electron chi connectivity index (χ3n) is 6.33. The molecular weight excluding hydrogens is 402 g/mol. The molecule has 1 saturated heterocycles. The van der Waals surface area contributed by atoms with Crippen LogP contribution in [0, 0.1) is 5.92 Å². The maximum absolute atomic E-state index is 12.7. The Bertz CT molecular complexity index is 918. The van der Waals surface area contributed by atoms with Gasteiger partial charge in [0.25, 0.3) is 0 Å². The van der Waals surface area contributed by atoms with Crippen molar-refractivity contribution >= 4 is 27.5 Å². The molecule has 0 radical (unpaired) electrons. The Labute approximate surface area is 178 Å². The number of amides is 2. The average molecular weight is 434 g/mol. The number of carbonyl (C=O) groups excluding carboxylic acids is 2. The molecule has 4 rings (SSSR count). The second kappa shape index (κ2) is 8.67. The van der Waals surface area contributed by atoms with Crippen molar-refractivity contribution in [2.24, 2.45) is 5.92 Å². The lowest BCUT2D eigenvalue weighted by Crippen LogP contribution is -2.36. The first kappa shape index (κ1) is 21.3. The van der Waals surface area contributed by atoms with Crippen LogP contribution in [0.5, 0.6) is 0 Å². The highest BCUT2D eigenvalue weighted by Gasteiger charge is 2.39. The molecule has 8 heteroatoms. The maximum atomic E-state index is 12.7. The van der Waals surface area contributed by atoms with Crippen molar-refractivity contribution in [3.8, 4) is 0 Å². The van der Waals surface area contributed by atoms with Crippen LogP contribution >= 0.6 is 0 Å². The predicted octanol–water partition coefficient (Wildman–Crippen LogP) is 2.45. The molecule has 7 nitrogen and oxygen atoms in total. The summed E-state index contributed by atoms with van der Waals surface area (Å²) in [5.74, 6) is 0.295. The molecule has 0 spiro atoms. The molecule has 1 aliphatic carbocycles. The van der Waals surface area contributed by atoms with Gasteiger partial charge in [-0.2, -0.15) is 0 Å². The van der Waals surface area contributed by atoms with Gasteiger partial charge < -0.3 is 9.80 Å². The zero-order valence-electron chi connectivity index (χ0n) is 17.6. The van der Waals surface area contributed by atoms with Crippen LogP contribution in [0.1, 0.15) is 57.4 Å². The molecular formula is C22H31N3O4S. The largest absolute Gasteiger partial charge is 0.343 e. The third-order valence-corrected chi connectivity index (χ3v) is 7.79. The van der Waals surface area contributed by atoms with Crippen molar-refractivity contribution in [3.05, 3.63) is 23.8 Å². The molecule has 1 aromatic rings. The number of benzene rings is 1. The van der Waals surface area contributed by atoms with Gasteiger partial charge in [-0.15, -0.1) is 0 Å². The zero-order chi connectivity index (χ0) is 21.3. The summed E-state index contributed by atoms with van der Waals surface area (Å²) in [5, 5.41) is 0. The van der Waals surface area contributed by atoms with E-state index in [1.165, 1.54) is 0 Å². The van der Waals surface area contributed by atoms with Gasteiger partial charge in [0.2, 0.25) is 21.8 Å². The lowest BCUT2D eigenvalue weighted by atomic mass is 10.1. The van der Waals surface area contributed by atoms with E-state index in [4.69, 9.17) is 0 Å². The Morgan fingerprint density at radius 3 is 2.47 bits per heavy atom. The SMILES string of the molecule is C[C@@H]1Cc2cc(S(=O)(=O)NCCC(=O)N3CCCCCC3)ccc2N1C(=O)C1CC1. The molecule has 2 aliphatic heterocycles. The molecule has 2 fully saturated rings. The van der Waals surface area contributed by atoms with Crippen molar-refractivity contribution in [2.75, 3.05) is 24.5 Å². The van der Waals surface area contributed by atoms with Crippen LogP contribution in [0.3, 0.4) is 0 Å². The van der Waals surface area contributed by atoms with Crippen LogP contribution in [0.15, 0.2) is 23.1 Å². The molecule has 3 aliphatic rings. The monoisotopic (exact) mass is 433 g/mol. The van der Waals surface area contributed by atoms with Crippen molar-refractivity contribution in [1.82, 2.24) is 9.62 Å². The first-order valence-corrected chi connectivity index (χ1v) is 12.6. The topological polar surface area (TPSA) is 86.8 Å². The first-order chi connectivity index (χ1) is 14.4. The van der Waals surface area contributed by atoms with Gasteiger partial charge in [-0.05, 0) is 62.8 Å². The lowest BCUT2D eigenvalue weighted by molar-refractivity contribution is -0.131. The van der Waals surface area contributed by atoms with E-state index in [1.54, 1.807) is 18.2 Å². The van der Waals surface area contributed by atoms with Gasteiger partial charge in [0.1, 0.15) is 0 Å². The molecule has 164 valence electrons. The smallest absolute Gasteiger partial charge is 0.240 e. The van der Waals surface area contributed by atoms with E-state index in [0.717, 1.165) is 62.9 Å². The van der Waals surface area contributed by atoms with Crippen LogP contribution in [0.2, 0.25) is 0 Å². The van der Waals surface area contributed by atoms with Gasteiger partial charge in [-0.1, -0.05) is 12.8 Å². The summed E-state index contributed by atoms with van der Waals surface area (Å²) in [7, 11) is -3.70. The number of sulfonamides is 1. The summed E-state index contributed by atoms with van der Waals surface area (Å²) >= 11 is 0. The van der Waals surface area contributed by atoms with E-state index in [1.807, 2.05) is 16.7 Å². The Hall–Kier alpha value is -1.93. The molecule has 2 heterocycles. The molecule has 0 aromatic heterocycles. The fourth-order valence-electron chi connectivity index (χ4n) is 4.49. The number of carbonyl (C=O) groups is 2. The van der Waals surface area contributed by atoms with Gasteiger partial charge in [0.05, 0.1) is 4.90 Å². The summed E-state index contributed by atoms with van der Waals surface area (Å²) in [6, 6.07) is 5.02. The Morgan fingerprint density at radius 1 is 1.10 bits per heavy atom. The van der Waals surface area contributed by atoms with Crippen LogP contribution in [0.25, 0.3) is 0 Å². The Balaban J connectivity index is 1.38. The number of hydrogen-bond acceptors (Lipinski definition) is 4. The molecule has 0 bridgehead atoms.